The minimum Gasteiger partial charge on any atom is -0.311 e. The van der Waals surface area contributed by atoms with Gasteiger partial charge >= 0.3 is 0 Å². The van der Waals surface area contributed by atoms with E-state index in [4.69, 9.17) is 0 Å². The van der Waals surface area contributed by atoms with Crippen LogP contribution in [0.3, 0.4) is 0 Å². The van der Waals surface area contributed by atoms with E-state index in [0.717, 1.165) is 21.7 Å². The molecule has 2 heterocycles. The summed E-state index contributed by atoms with van der Waals surface area (Å²) in [4.78, 5) is 15.0. The lowest BCUT2D eigenvalue weighted by atomic mass is 10.1. The number of rotatable bonds is 1. The highest BCUT2D eigenvalue weighted by Crippen LogP contribution is 2.36. The molecule has 1 aliphatic heterocycles. The Hall–Kier alpha value is -1.87. The van der Waals surface area contributed by atoms with Crippen LogP contribution in [0, 0.1) is 0 Å². The number of benzene rings is 1. The summed E-state index contributed by atoms with van der Waals surface area (Å²) in [6.07, 6.45) is 1.97. The number of likely N-dealkylation sites (N-methyl/N-ethyl adjacent to an activating group) is 1. The average molecular weight is 241 g/mol. The van der Waals surface area contributed by atoms with Crippen LogP contribution in [0.4, 0.5) is 5.69 Å². The highest BCUT2D eigenvalue weighted by Gasteiger charge is 2.28. The van der Waals surface area contributed by atoms with Crippen LogP contribution in [-0.2, 0) is 4.79 Å². The Labute approximate surface area is 104 Å². The van der Waals surface area contributed by atoms with Crippen LogP contribution >= 0.6 is 11.3 Å². The van der Waals surface area contributed by atoms with E-state index in [1.54, 1.807) is 16.2 Å². The number of hydrogen-bond acceptors (Lipinski definition) is 2. The Kier molecular flexibility index (Phi) is 2.34. The van der Waals surface area contributed by atoms with Crippen LogP contribution in [0.5, 0.6) is 0 Å². The zero-order chi connectivity index (χ0) is 11.8. The number of nitrogens with zero attached hydrogens (tertiary/aromatic N) is 1. The maximum atomic E-state index is 12.2. The van der Waals surface area contributed by atoms with Crippen molar-refractivity contribution in [3.8, 4) is 0 Å². The summed E-state index contributed by atoms with van der Waals surface area (Å²) in [6, 6.07) is 11.9. The second-order valence-electron chi connectivity index (χ2n) is 3.95. The van der Waals surface area contributed by atoms with Crippen molar-refractivity contribution in [3.05, 3.63) is 52.2 Å². The molecule has 0 radical (unpaired) electrons. The molecule has 3 heteroatoms. The second kappa shape index (κ2) is 3.86. The van der Waals surface area contributed by atoms with E-state index in [-0.39, 0.29) is 5.91 Å². The van der Waals surface area contributed by atoms with Gasteiger partial charge in [0.2, 0.25) is 0 Å². The fourth-order valence-electron chi connectivity index (χ4n) is 2.05. The van der Waals surface area contributed by atoms with Gasteiger partial charge in [-0.25, -0.2) is 0 Å². The van der Waals surface area contributed by atoms with Crippen LogP contribution in [0.1, 0.15) is 10.4 Å². The van der Waals surface area contributed by atoms with Crippen molar-refractivity contribution in [1.29, 1.82) is 0 Å². The number of carbonyl (C=O) groups excluding carboxylic acids is 1. The van der Waals surface area contributed by atoms with E-state index in [0.29, 0.717) is 0 Å². The van der Waals surface area contributed by atoms with Gasteiger partial charge in [0.1, 0.15) is 0 Å². The summed E-state index contributed by atoms with van der Waals surface area (Å²) in [5.41, 5.74) is 2.79. The van der Waals surface area contributed by atoms with Gasteiger partial charge in [-0.1, -0.05) is 24.3 Å². The topological polar surface area (TPSA) is 20.3 Å². The monoisotopic (exact) mass is 241 g/mol. The summed E-state index contributed by atoms with van der Waals surface area (Å²) in [5.74, 6) is 0.0691. The number of carbonyl (C=O) groups is 1. The van der Waals surface area contributed by atoms with Gasteiger partial charge in [0.25, 0.3) is 5.91 Å². The van der Waals surface area contributed by atoms with Gasteiger partial charge in [-0.2, -0.15) is 0 Å². The van der Waals surface area contributed by atoms with Gasteiger partial charge in [0.05, 0.1) is 11.3 Å². The third-order valence-corrected chi connectivity index (χ3v) is 3.74. The van der Waals surface area contributed by atoms with Crippen LogP contribution in [0.2, 0.25) is 0 Å². The van der Waals surface area contributed by atoms with E-state index < -0.39 is 0 Å². The first kappa shape index (κ1) is 10.3. The normalized spacial score (nSPS) is 16.6. The molecule has 0 saturated heterocycles. The smallest absolute Gasteiger partial charge is 0.258 e. The minimum atomic E-state index is 0.0691. The molecule has 0 saturated carbocycles. The Balaban J connectivity index is 2.16. The van der Waals surface area contributed by atoms with E-state index >= 15 is 0 Å². The number of anilines is 1. The Bertz CT molecular complexity index is 598. The third kappa shape index (κ3) is 1.59. The zero-order valence-corrected chi connectivity index (χ0v) is 10.2. The number of amides is 1. The molecule has 0 spiro atoms. The number of hydrogen-bond donors (Lipinski definition) is 0. The first-order chi connectivity index (χ1) is 8.27. The van der Waals surface area contributed by atoms with Crippen molar-refractivity contribution >= 4 is 34.6 Å². The molecule has 1 aromatic carbocycles. The summed E-state index contributed by atoms with van der Waals surface area (Å²) >= 11 is 1.64. The Morgan fingerprint density at radius 3 is 2.76 bits per heavy atom. The van der Waals surface area contributed by atoms with Crippen molar-refractivity contribution in [2.24, 2.45) is 0 Å². The molecule has 0 N–H and O–H groups in total. The first-order valence-electron chi connectivity index (χ1n) is 5.40. The molecule has 1 aliphatic rings. The maximum absolute atomic E-state index is 12.2. The number of thiophene rings is 1. The molecular formula is C14H11NOS. The van der Waals surface area contributed by atoms with Crippen molar-refractivity contribution in [2.75, 3.05) is 11.9 Å². The predicted octanol–water partition coefficient (Wildman–Crippen LogP) is 3.27. The molecule has 0 bridgehead atoms. The summed E-state index contributed by atoms with van der Waals surface area (Å²) in [5, 5.41) is 2.02. The van der Waals surface area contributed by atoms with Crippen molar-refractivity contribution in [1.82, 2.24) is 0 Å². The van der Waals surface area contributed by atoms with Crippen molar-refractivity contribution < 1.29 is 4.79 Å². The van der Waals surface area contributed by atoms with Crippen molar-refractivity contribution in [2.45, 2.75) is 0 Å². The lowest BCUT2D eigenvalue weighted by Crippen LogP contribution is -2.20. The molecule has 17 heavy (non-hydrogen) atoms. The molecule has 2 aromatic rings. The van der Waals surface area contributed by atoms with Crippen LogP contribution < -0.4 is 4.90 Å². The number of para-hydroxylation sites is 1. The molecule has 2 nitrogen and oxygen atoms in total. The van der Waals surface area contributed by atoms with Crippen LogP contribution in [0.15, 0.2) is 41.8 Å². The fourth-order valence-corrected chi connectivity index (χ4v) is 2.71. The Morgan fingerprint density at radius 1 is 1.18 bits per heavy atom. The summed E-state index contributed by atoms with van der Waals surface area (Å²) in [7, 11) is 1.82. The van der Waals surface area contributed by atoms with Gasteiger partial charge in [-0.15, -0.1) is 11.3 Å². The molecule has 0 fully saturated rings. The highest BCUT2D eigenvalue weighted by molar-refractivity contribution is 7.11. The lowest BCUT2D eigenvalue weighted by Gasteiger charge is -2.07. The second-order valence-corrected chi connectivity index (χ2v) is 4.93. The first-order valence-corrected chi connectivity index (χ1v) is 6.28. The standard InChI is InChI=1S/C14H11NOS/c1-15-13-7-3-2-6-11(13)12(14(15)16)9-10-5-4-8-17-10/h2-9H,1H3/b12-9+. The molecule has 0 unspecified atom stereocenters. The third-order valence-electron chi connectivity index (χ3n) is 2.92. The summed E-state index contributed by atoms with van der Waals surface area (Å²) < 4.78 is 0. The SMILES string of the molecule is CN1C(=O)/C(=C/c2cccs2)c2ccccc21. The van der Waals surface area contributed by atoms with Crippen molar-refractivity contribution in [3.63, 3.8) is 0 Å². The van der Waals surface area contributed by atoms with Gasteiger partial charge in [0, 0.05) is 17.5 Å². The molecule has 84 valence electrons. The molecule has 0 aliphatic carbocycles. The Morgan fingerprint density at radius 2 is 2.00 bits per heavy atom. The van der Waals surface area contributed by atoms with Gasteiger partial charge in [0.15, 0.2) is 0 Å². The maximum Gasteiger partial charge on any atom is 0.258 e. The largest absolute Gasteiger partial charge is 0.311 e. The predicted molar refractivity (Wildman–Crippen MR) is 72.0 cm³/mol. The zero-order valence-electron chi connectivity index (χ0n) is 9.38. The van der Waals surface area contributed by atoms with E-state index in [9.17, 15) is 4.79 Å². The molecule has 0 atom stereocenters. The minimum absolute atomic E-state index is 0.0691. The van der Waals surface area contributed by atoms with E-state index in [1.165, 1.54) is 0 Å². The quantitative estimate of drug-likeness (QED) is 0.702. The average Bonchev–Trinajstić information content (AvgIpc) is 2.94. The lowest BCUT2D eigenvalue weighted by molar-refractivity contribution is -0.112. The van der Waals surface area contributed by atoms with E-state index in [1.807, 2.05) is 54.9 Å². The van der Waals surface area contributed by atoms with Crippen LogP contribution in [0.25, 0.3) is 11.6 Å². The van der Waals surface area contributed by atoms with Gasteiger partial charge in [-0.05, 0) is 23.6 Å². The fraction of sp³-hybridized carbons (Fsp3) is 0.0714. The van der Waals surface area contributed by atoms with Gasteiger partial charge in [-0.3, -0.25) is 4.79 Å². The summed E-state index contributed by atoms with van der Waals surface area (Å²) in [6.45, 7) is 0. The highest BCUT2D eigenvalue weighted by atomic mass is 32.1. The van der Waals surface area contributed by atoms with E-state index in [2.05, 4.69) is 0 Å². The van der Waals surface area contributed by atoms with Gasteiger partial charge < -0.3 is 4.90 Å². The van der Waals surface area contributed by atoms with Crippen LogP contribution in [-0.4, -0.2) is 13.0 Å². The molecule has 1 aromatic heterocycles. The number of fused-ring (bicyclic) bond motifs is 1. The molecule has 1 amide bonds. The molecular weight excluding hydrogens is 230 g/mol. The molecule has 3 rings (SSSR count).